The Bertz CT molecular complexity index is 3130. The van der Waals surface area contributed by atoms with Crippen LogP contribution >= 0.6 is 0 Å². The molecule has 2 heterocycles. The summed E-state index contributed by atoms with van der Waals surface area (Å²) in [7, 11) is 0. The van der Waals surface area contributed by atoms with Crippen molar-refractivity contribution in [3.8, 4) is 27.9 Å². The molecule has 258 valence electrons. The van der Waals surface area contributed by atoms with Crippen LogP contribution in [0.15, 0.2) is 211 Å². The minimum atomic E-state index is 0.889. The lowest BCUT2D eigenvalue weighted by Crippen LogP contribution is -2.10. The monoisotopic (exact) mass is 702 g/mol. The van der Waals surface area contributed by atoms with Crippen molar-refractivity contribution in [2.75, 3.05) is 4.90 Å². The smallest absolute Gasteiger partial charge is 0.135 e. The van der Waals surface area contributed by atoms with Gasteiger partial charge in [-0.25, -0.2) is 0 Å². The second-order valence-electron chi connectivity index (χ2n) is 14.2. The van der Waals surface area contributed by atoms with Gasteiger partial charge in [-0.1, -0.05) is 127 Å². The molecule has 11 rings (SSSR count). The van der Waals surface area contributed by atoms with E-state index in [0.717, 1.165) is 61.4 Å². The van der Waals surface area contributed by atoms with Crippen LogP contribution in [-0.2, 0) is 0 Å². The standard InChI is InChI=1S/C52H34N2O/c1-2-13-40(14-3-1)53(48-20-10-12-37-11-4-5-15-43(37)48)41-27-21-35(22-28-41)38-25-31-51-46(33-38)47-34-39(26-32-52(47)55-51)36-23-29-42(30-24-36)54-49-18-8-6-16-44(49)45-17-7-9-19-50(45)54/h1-34H. The zero-order valence-corrected chi connectivity index (χ0v) is 29.9. The first-order valence-corrected chi connectivity index (χ1v) is 18.8. The van der Waals surface area contributed by atoms with Crippen LogP contribution in [0, 0.1) is 0 Å². The maximum Gasteiger partial charge on any atom is 0.135 e. The van der Waals surface area contributed by atoms with E-state index in [1.807, 2.05) is 0 Å². The van der Waals surface area contributed by atoms with Crippen LogP contribution in [0.4, 0.5) is 17.1 Å². The molecule has 0 aliphatic rings. The number of aromatic nitrogens is 1. The van der Waals surface area contributed by atoms with Gasteiger partial charge in [0.05, 0.1) is 16.7 Å². The summed E-state index contributed by atoms with van der Waals surface area (Å²) < 4.78 is 8.72. The highest BCUT2D eigenvalue weighted by Crippen LogP contribution is 2.41. The molecule has 0 saturated heterocycles. The van der Waals surface area contributed by atoms with Gasteiger partial charge in [-0.15, -0.1) is 0 Å². The van der Waals surface area contributed by atoms with Gasteiger partial charge in [0, 0.05) is 44.0 Å². The third-order valence-electron chi connectivity index (χ3n) is 11.0. The molecule has 0 amide bonds. The zero-order chi connectivity index (χ0) is 36.3. The van der Waals surface area contributed by atoms with E-state index < -0.39 is 0 Å². The van der Waals surface area contributed by atoms with Crippen molar-refractivity contribution in [1.29, 1.82) is 0 Å². The summed E-state index contributed by atoms with van der Waals surface area (Å²) in [6.07, 6.45) is 0. The van der Waals surface area contributed by atoms with Crippen LogP contribution in [-0.4, -0.2) is 4.57 Å². The Morgan fingerprint density at radius 3 is 1.47 bits per heavy atom. The van der Waals surface area contributed by atoms with Gasteiger partial charge in [0.2, 0.25) is 0 Å². The Morgan fingerprint density at radius 2 is 0.836 bits per heavy atom. The number of furan rings is 1. The predicted molar refractivity (Wildman–Crippen MR) is 231 cm³/mol. The fourth-order valence-electron chi connectivity index (χ4n) is 8.35. The van der Waals surface area contributed by atoms with Gasteiger partial charge in [0.25, 0.3) is 0 Å². The molecule has 0 spiro atoms. The number of para-hydroxylation sites is 3. The van der Waals surface area contributed by atoms with E-state index in [1.165, 1.54) is 38.1 Å². The Balaban J connectivity index is 0.944. The van der Waals surface area contributed by atoms with Crippen molar-refractivity contribution in [1.82, 2.24) is 4.57 Å². The quantitative estimate of drug-likeness (QED) is 0.172. The minimum absolute atomic E-state index is 0.889. The lowest BCUT2D eigenvalue weighted by atomic mass is 9.99. The van der Waals surface area contributed by atoms with E-state index in [2.05, 4.69) is 216 Å². The molecule has 11 aromatic rings. The van der Waals surface area contributed by atoms with Gasteiger partial charge >= 0.3 is 0 Å². The maximum absolute atomic E-state index is 6.36. The zero-order valence-electron chi connectivity index (χ0n) is 29.9. The largest absolute Gasteiger partial charge is 0.456 e. The van der Waals surface area contributed by atoms with Crippen LogP contribution in [0.2, 0.25) is 0 Å². The summed E-state index contributed by atoms with van der Waals surface area (Å²) in [5, 5.41) is 7.20. The second-order valence-corrected chi connectivity index (χ2v) is 14.2. The number of benzene rings is 9. The summed E-state index contributed by atoms with van der Waals surface area (Å²) >= 11 is 0. The van der Waals surface area contributed by atoms with Crippen molar-refractivity contribution in [3.63, 3.8) is 0 Å². The number of hydrogen-bond donors (Lipinski definition) is 0. The Labute approximate surface area is 318 Å². The molecule has 3 nitrogen and oxygen atoms in total. The van der Waals surface area contributed by atoms with E-state index in [1.54, 1.807) is 0 Å². The van der Waals surface area contributed by atoms with Crippen LogP contribution < -0.4 is 4.90 Å². The van der Waals surface area contributed by atoms with Crippen molar-refractivity contribution in [2.24, 2.45) is 0 Å². The molecule has 55 heavy (non-hydrogen) atoms. The first-order valence-electron chi connectivity index (χ1n) is 18.8. The molecule has 0 fully saturated rings. The molecule has 0 aliphatic heterocycles. The first kappa shape index (κ1) is 31.2. The summed E-state index contributed by atoms with van der Waals surface area (Å²) in [6, 6.07) is 73.9. The van der Waals surface area contributed by atoms with Gasteiger partial charge < -0.3 is 13.9 Å². The number of rotatable bonds is 6. The molecule has 0 unspecified atom stereocenters. The molecular formula is C52H34N2O. The average Bonchev–Trinajstić information content (AvgIpc) is 3.80. The van der Waals surface area contributed by atoms with Gasteiger partial charge in [-0.3, -0.25) is 0 Å². The van der Waals surface area contributed by atoms with Crippen molar-refractivity contribution < 1.29 is 4.42 Å². The lowest BCUT2D eigenvalue weighted by molar-refractivity contribution is 0.669. The highest BCUT2D eigenvalue weighted by Gasteiger charge is 2.17. The van der Waals surface area contributed by atoms with Crippen LogP contribution in [0.1, 0.15) is 0 Å². The highest BCUT2D eigenvalue weighted by molar-refractivity contribution is 6.10. The minimum Gasteiger partial charge on any atom is -0.456 e. The van der Waals surface area contributed by atoms with Crippen LogP contribution in [0.25, 0.3) is 82.5 Å². The molecular weight excluding hydrogens is 669 g/mol. The molecule has 0 saturated carbocycles. The number of anilines is 3. The molecule has 0 atom stereocenters. The van der Waals surface area contributed by atoms with E-state index in [0.29, 0.717) is 0 Å². The summed E-state index contributed by atoms with van der Waals surface area (Å²) in [4.78, 5) is 2.34. The van der Waals surface area contributed by atoms with Crippen LogP contribution in [0.5, 0.6) is 0 Å². The van der Waals surface area contributed by atoms with E-state index in [9.17, 15) is 0 Å². The third-order valence-corrected chi connectivity index (χ3v) is 11.0. The Kier molecular flexibility index (Phi) is 7.17. The third kappa shape index (κ3) is 5.20. The fourth-order valence-corrected chi connectivity index (χ4v) is 8.35. The number of fused-ring (bicyclic) bond motifs is 7. The van der Waals surface area contributed by atoms with Crippen molar-refractivity contribution in [3.05, 3.63) is 206 Å². The molecule has 3 heteroatoms. The second kappa shape index (κ2) is 12.6. The van der Waals surface area contributed by atoms with E-state index in [4.69, 9.17) is 4.42 Å². The van der Waals surface area contributed by atoms with Gasteiger partial charge in [0.15, 0.2) is 0 Å². The first-order chi connectivity index (χ1) is 27.3. The summed E-state index contributed by atoms with van der Waals surface area (Å²) in [5.74, 6) is 0. The highest BCUT2D eigenvalue weighted by atomic mass is 16.3. The van der Waals surface area contributed by atoms with Gasteiger partial charge in [-0.05, 0) is 107 Å². The molecule has 0 aliphatic carbocycles. The topological polar surface area (TPSA) is 21.3 Å². The van der Waals surface area contributed by atoms with E-state index in [-0.39, 0.29) is 0 Å². The molecule has 0 bridgehead atoms. The average molecular weight is 703 g/mol. The lowest BCUT2D eigenvalue weighted by Gasteiger charge is -2.27. The van der Waals surface area contributed by atoms with E-state index >= 15 is 0 Å². The Morgan fingerprint density at radius 1 is 0.345 bits per heavy atom. The van der Waals surface area contributed by atoms with Crippen LogP contribution in [0.3, 0.4) is 0 Å². The SMILES string of the molecule is c1ccc(N(c2ccc(-c3ccc4oc5ccc(-c6ccc(-n7c8ccccc8c8ccccc87)cc6)cc5c4c3)cc2)c2cccc3ccccc23)cc1. The summed E-state index contributed by atoms with van der Waals surface area (Å²) in [5.41, 5.74) is 13.4. The molecule has 2 aromatic heterocycles. The molecule has 0 radical (unpaired) electrons. The molecule has 9 aromatic carbocycles. The Hall–Kier alpha value is -7.36. The normalized spacial score (nSPS) is 11.6. The van der Waals surface area contributed by atoms with Crippen molar-refractivity contribution in [2.45, 2.75) is 0 Å². The van der Waals surface area contributed by atoms with Gasteiger partial charge in [0.1, 0.15) is 11.2 Å². The number of hydrogen-bond acceptors (Lipinski definition) is 2. The summed E-state index contributed by atoms with van der Waals surface area (Å²) in [6.45, 7) is 0. The van der Waals surface area contributed by atoms with Gasteiger partial charge in [-0.2, -0.15) is 0 Å². The maximum atomic E-state index is 6.36. The predicted octanol–water partition coefficient (Wildman–Crippen LogP) is 14.6. The van der Waals surface area contributed by atoms with Crippen molar-refractivity contribution >= 4 is 71.6 Å². The number of nitrogens with zero attached hydrogens (tertiary/aromatic N) is 2. The molecule has 0 N–H and O–H groups in total. The fraction of sp³-hybridized carbons (Fsp3) is 0.